The number of hydrazine groups is 1. The minimum absolute atomic E-state index is 0.109. The number of halogens is 2. The van der Waals surface area contributed by atoms with Gasteiger partial charge < -0.3 is 14.8 Å². The first-order valence-electron chi connectivity index (χ1n) is 10.5. The molecule has 0 spiro atoms. The SMILES string of the molecule is CCOC(=O)c1ccc(NC(=O)COC(=O)[C@@H]2CC(=O)N(NC(=O)c3ccc(Cl)c(Cl)c3)C2)cc1. The van der Waals surface area contributed by atoms with Crippen LogP contribution in [-0.4, -0.2) is 54.4 Å². The molecule has 3 amide bonds. The molecule has 2 aromatic rings. The molecule has 0 saturated carbocycles. The molecule has 2 aromatic carbocycles. The third-order valence-electron chi connectivity index (χ3n) is 4.90. The fraction of sp³-hybridized carbons (Fsp3) is 0.261. The fourth-order valence-electron chi connectivity index (χ4n) is 3.15. The number of benzene rings is 2. The molecule has 1 aliphatic rings. The monoisotopic (exact) mass is 521 g/mol. The van der Waals surface area contributed by atoms with Crippen LogP contribution in [0.1, 0.15) is 34.1 Å². The number of nitrogens with one attached hydrogen (secondary N) is 2. The summed E-state index contributed by atoms with van der Waals surface area (Å²) < 4.78 is 9.91. The summed E-state index contributed by atoms with van der Waals surface area (Å²) in [6.45, 7) is 1.26. The Balaban J connectivity index is 1.46. The van der Waals surface area contributed by atoms with Crippen LogP contribution in [0.4, 0.5) is 5.69 Å². The highest BCUT2D eigenvalue weighted by Gasteiger charge is 2.36. The maximum Gasteiger partial charge on any atom is 0.338 e. The number of nitrogens with zero attached hydrogens (tertiary/aromatic N) is 1. The average Bonchev–Trinajstić information content (AvgIpc) is 3.20. The second kappa shape index (κ2) is 11.7. The van der Waals surface area contributed by atoms with Gasteiger partial charge in [0.1, 0.15) is 0 Å². The Morgan fingerprint density at radius 3 is 2.34 bits per heavy atom. The van der Waals surface area contributed by atoms with E-state index in [0.717, 1.165) is 5.01 Å². The predicted molar refractivity (Wildman–Crippen MR) is 126 cm³/mol. The quantitative estimate of drug-likeness (QED) is 0.510. The third-order valence-corrected chi connectivity index (χ3v) is 5.64. The summed E-state index contributed by atoms with van der Waals surface area (Å²) in [4.78, 5) is 60.7. The van der Waals surface area contributed by atoms with Crippen molar-refractivity contribution in [3.63, 3.8) is 0 Å². The van der Waals surface area contributed by atoms with Crippen molar-refractivity contribution in [2.75, 3.05) is 25.1 Å². The molecule has 1 heterocycles. The van der Waals surface area contributed by atoms with Gasteiger partial charge in [-0.3, -0.25) is 29.6 Å². The van der Waals surface area contributed by atoms with Crippen LogP contribution < -0.4 is 10.7 Å². The lowest BCUT2D eigenvalue weighted by atomic mass is 10.1. The molecule has 3 rings (SSSR count). The molecule has 1 atom stereocenters. The Morgan fingerprint density at radius 1 is 1.00 bits per heavy atom. The van der Waals surface area contributed by atoms with Gasteiger partial charge in [0.2, 0.25) is 5.91 Å². The molecule has 0 unspecified atom stereocenters. The van der Waals surface area contributed by atoms with E-state index in [2.05, 4.69) is 10.7 Å². The zero-order chi connectivity index (χ0) is 25.5. The topological polar surface area (TPSA) is 131 Å². The van der Waals surface area contributed by atoms with Gasteiger partial charge in [0, 0.05) is 17.7 Å². The summed E-state index contributed by atoms with van der Waals surface area (Å²) >= 11 is 11.7. The van der Waals surface area contributed by atoms with Crippen LogP contribution >= 0.6 is 23.2 Å². The molecule has 0 bridgehead atoms. The second-order valence-electron chi connectivity index (χ2n) is 7.43. The maximum absolute atomic E-state index is 12.4. The number of amides is 3. The van der Waals surface area contributed by atoms with Crippen molar-refractivity contribution in [3.05, 3.63) is 63.6 Å². The Kier molecular flexibility index (Phi) is 8.67. The summed E-state index contributed by atoms with van der Waals surface area (Å²) in [6, 6.07) is 10.2. The minimum Gasteiger partial charge on any atom is -0.462 e. The largest absolute Gasteiger partial charge is 0.462 e. The summed E-state index contributed by atoms with van der Waals surface area (Å²) in [5.41, 5.74) is 3.33. The molecule has 1 saturated heterocycles. The van der Waals surface area contributed by atoms with E-state index in [1.54, 1.807) is 6.92 Å². The van der Waals surface area contributed by atoms with E-state index in [0.29, 0.717) is 11.3 Å². The van der Waals surface area contributed by atoms with E-state index < -0.39 is 42.2 Å². The number of hydrogen-bond donors (Lipinski definition) is 2. The van der Waals surface area contributed by atoms with E-state index in [1.165, 1.54) is 42.5 Å². The second-order valence-corrected chi connectivity index (χ2v) is 8.24. The number of anilines is 1. The van der Waals surface area contributed by atoms with E-state index in [9.17, 15) is 24.0 Å². The highest BCUT2D eigenvalue weighted by atomic mass is 35.5. The Hall–Kier alpha value is -3.63. The van der Waals surface area contributed by atoms with Crippen molar-refractivity contribution in [3.8, 4) is 0 Å². The van der Waals surface area contributed by atoms with Gasteiger partial charge in [-0.15, -0.1) is 0 Å². The van der Waals surface area contributed by atoms with Crippen LogP contribution in [0.5, 0.6) is 0 Å². The Morgan fingerprint density at radius 2 is 1.69 bits per heavy atom. The van der Waals surface area contributed by atoms with Crippen LogP contribution in [0.15, 0.2) is 42.5 Å². The van der Waals surface area contributed by atoms with Crippen LogP contribution in [-0.2, 0) is 23.9 Å². The molecule has 10 nitrogen and oxygen atoms in total. The van der Waals surface area contributed by atoms with Crippen molar-refractivity contribution in [2.24, 2.45) is 5.92 Å². The van der Waals surface area contributed by atoms with Gasteiger partial charge in [-0.2, -0.15) is 0 Å². The molecule has 12 heteroatoms. The van der Waals surface area contributed by atoms with E-state index in [1.807, 2.05) is 0 Å². The normalized spacial score (nSPS) is 14.9. The number of carbonyl (C=O) groups is 5. The molecule has 0 aromatic heterocycles. The van der Waals surface area contributed by atoms with Gasteiger partial charge in [0.25, 0.3) is 11.8 Å². The van der Waals surface area contributed by atoms with Gasteiger partial charge in [0.05, 0.1) is 34.7 Å². The number of rotatable bonds is 8. The summed E-state index contributed by atoms with van der Waals surface area (Å²) in [5, 5.41) is 4.01. The molecule has 0 aliphatic carbocycles. The van der Waals surface area contributed by atoms with Gasteiger partial charge >= 0.3 is 11.9 Å². The Bertz CT molecular complexity index is 1150. The summed E-state index contributed by atoms with van der Waals surface area (Å²) in [7, 11) is 0. The fourth-order valence-corrected chi connectivity index (χ4v) is 3.45. The van der Waals surface area contributed by atoms with Crippen LogP contribution in [0.3, 0.4) is 0 Å². The van der Waals surface area contributed by atoms with Crippen LogP contribution in [0.25, 0.3) is 0 Å². The van der Waals surface area contributed by atoms with Gasteiger partial charge in [0.15, 0.2) is 6.61 Å². The van der Waals surface area contributed by atoms with E-state index in [-0.39, 0.29) is 35.2 Å². The maximum atomic E-state index is 12.4. The Labute approximate surface area is 210 Å². The highest BCUT2D eigenvalue weighted by molar-refractivity contribution is 6.42. The standard InChI is InChI=1S/C23H21Cl2N3O7/c1-2-34-22(32)13-3-6-16(7-4-13)26-19(29)12-35-23(33)15-10-20(30)28(11-15)27-21(31)14-5-8-17(24)18(25)9-14/h3-9,15H,2,10-12H2,1H3,(H,26,29)(H,27,31)/t15-/m1/s1. The molecular weight excluding hydrogens is 501 g/mol. The summed E-state index contributed by atoms with van der Waals surface area (Å²) in [5.74, 6) is -3.76. The lowest BCUT2D eigenvalue weighted by Crippen LogP contribution is -2.43. The lowest BCUT2D eigenvalue weighted by molar-refractivity contribution is -0.151. The van der Waals surface area contributed by atoms with Crippen molar-refractivity contribution in [2.45, 2.75) is 13.3 Å². The molecule has 1 fully saturated rings. The average molecular weight is 522 g/mol. The smallest absolute Gasteiger partial charge is 0.338 e. The van der Waals surface area contributed by atoms with Crippen molar-refractivity contribution >= 4 is 58.5 Å². The number of ether oxygens (including phenoxy) is 2. The lowest BCUT2D eigenvalue weighted by Gasteiger charge is -2.17. The summed E-state index contributed by atoms with van der Waals surface area (Å²) in [6.07, 6.45) is -0.183. The van der Waals surface area contributed by atoms with Crippen LogP contribution in [0.2, 0.25) is 10.0 Å². The van der Waals surface area contributed by atoms with Crippen molar-refractivity contribution in [1.82, 2.24) is 10.4 Å². The van der Waals surface area contributed by atoms with Crippen molar-refractivity contribution < 1.29 is 33.4 Å². The molecule has 184 valence electrons. The van der Waals surface area contributed by atoms with Crippen molar-refractivity contribution in [1.29, 1.82) is 0 Å². The van der Waals surface area contributed by atoms with Gasteiger partial charge in [-0.1, -0.05) is 23.2 Å². The minimum atomic E-state index is -0.853. The van der Waals surface area contributed by atoms with E-state index in [4.69, 9.17) is 32.7 Å². The molecular formula is C23H21Cl2N3O7. The third kappa shape index (κ3) is 6.93. The molecule has 35 heavy (non-hydrogen) atoms. The zero-order valence-electron chi connectivity index (χ0n) is 18.5. The molecule has 2 N–H and O–H groups in total. The predicted octanol–water partition coefficient (Wildman–Crippen LogP) is 2.85. The number of hydrogen-bond acceptors (Lipinski definition) is 7. The van der Waals surface area contributed by atoms with Gasteiger partial charge in [-0.25, -0.2) is 4.79 Å². The first-order valence-corrected chi connectivity index (χ1v) is 11.2. The highest BCUT2D eigenvalue weighted by Crippen LogP contribution is 2.23. The molecule has 1 aliphatic heterocycles. The van der Waals surface area contributed by atoms with Gasteiger partial charge in [-0.05, 0) is 49.4 Å². The first-order chi connectivity index (χ1) is 16.7. The van der Waals surface area contributed by atoms with E-state index >= 15 is 0 Å². The van der Waals surface area contributed by atoms with Crippen LogP contribution in [0, 0.1) is 5.92 Å². The number of esters is 2. The zero-order valence-corrected chi connectivity index (χ0v) is 20.0. The number of carbonyl (C=O) groups excluding carboxylic acids is 5. The molecule has 0 radical (unpaired) electrons. The first kappa shape index (κ1) is 26.0.